The Bertz CT molecular complexity index is 322. The lowest BCUT2D eigenvalue weighted by molar-refractivity contribution is 0.0844. The van der Waals surface area contributed by atoms with Crippen LogP contribution in [-0.2, 0) is 4.74 Å². The van der Waals surface area contributed by atoms with E-state index in [1.165, 1.54) is 6.33 Å². The second-order valence-corrected chi connectivity index (χ2v) is 3.37. The molecule has 0 unspecified atom stereocenters. The van der Waals surface area contributed by atoms with E-state index in [0.29, 0.717) is 11.6 Å². The van der Waals surface area contributed by atoms with E-state index in [9.17, 15) is 4.79 Å². The molecule has 4 nitrogen and oxygen atoms in total. The second kappa shape index (κ2) is 4.28. The van der Waals surface area contributed by atoms with E-state index in [1.807, 2.05) is 0 Å². The van der Waals surface area contributed by atoms with Gasteiger partial charge in [-0.25, -0.2) is 9.97 Å². The molecular formula is C10H12N2O2. The standard InChI is InChI=1S/C10H12N2O2/c13-6-9-5-10(12-7-11-9)8-1-3-14-4-2-8/h5-8H,1-4H2. The Labute approximate surface area is 82.3 Å². The Morgan fingerprint density at radius 3 is 2.86 bits per heavy atom. The summed E-state index contributed by atoms with van der Waals surface area (Å²) in [7, 11) is 0. The Kier molecular flexibility index (Phi) is 2.84. The summed E-state index contributed by atoms with van der Waals surface area (Å²) >= 11 is 0. The molecule has 14 heavy (non-hydrogen) atoms. The molecule has 1 saturated heterocycles. The van der Waals surface area contributed by atoms with E-state index >= 15 is 0 Å². The molecule has 2 heterocycles. The van der Waals surface area contributed by atoms with E-state index < -0.39 is 0 Å². The quantitative estimate of drug-likeness (QED) is 0.660. The number of ether oxygens (including phenoxy) is 1. The fourth-order valence-corrected chi connectivity index (χ4v) is 1.67. The summed E-state index contributed by atoms with van der Waals surface area (Å²) in [6.45, 7) is 1.57. The van der Waals surface area contributed by atoms with Gasteiger partial charge in [0, 0.05) is 24.8 Å². The average molecular weight is 192 g/mol. The van der Waals surface area contributed by atoms with Gasteiger partial charge in [0.25, 0.3) is 0 Å². The summed E-state index contributed by atoms with van der Waals surface area (Å²) in [5.74, 6) is 0.422. The Hall–Kier alpha value is -1.29. The van der Waals surface area contributed by atoms with Crippen LogP contribution in [0.3, 0.4) is 0 Å². The first-order valence-corrected chi connectivity index (χ1v) is 4.75. The van der Waals surface area contributed by atoms with Gasteiger partial charge in [0.2, 0.25) is 0 Å². The number of hydrogen-bond donors (Lipinski definition) is 0. The maximum atomic E-state index is 10.5. The molecule has 0 N–H and O–H groups in total. The van der Waals surface area contributed by atoms with Crippen LogP contribution in [0.25, 0.3) is 0 Å². The van der Waals surface area contributed by atoms with Crippen LogP contribution in [0.4, 0.5) is 0 Å². The van der Waals surface area contributed by atoms with Crippen molar-refractivity contribution in [2.45, 2.75) is 18.8 Å². The molecule has 1 aliphatic rings. The third-order valence-corrected chi connectivity index (χ3v) is 2.47. The van der Waals surface area contributed by atoms with Crippen LogP contribution in [0.5, 0.6) is 0 Å². The molecular weight excluding hydrogens is 180 g/mol. The lowest BCUT2D eigenvalue weighted by Gasteiger charge is -2.21. The number of aromatic nitrogens is 2. The molecule has 0 bridgehead atoms. The Morgan fingerprint density at radius 2 is 2.14 bits per heavy atom. The largest absolute Gasteiger partial charge is 0.381 e. The molecule has 0 aromatic carbocycles. The van der Waals surface area contributed by atoms with Crippen LogP contribution in [0.1, 0.15) is 34.9 Å². The summed E-state index contributed by atoms with van der Waals surface area (Å²) in [5, 5.41) is 0. The molecule has 1 fully saturated rings. The van der Waals surface area contributed by atoms with Crippen LogP contribution in [-0.4, -0.2) is 29.5 Å². The topological polar surface area (TPSA) is 52.1 Å². The van der Waals surface area contributed by atoms with Gasteiger partial charge in [-0.15, -0.1) is 0 Å². The third-order valence-electron chi connectivity index (χ3n) is 2.47. The zero-order valence-electron chi connectivity index (χ0n) is 7.85. The lowest BCUT2D eigenvalue weighted by Crippen LogP contribution is -2.15. The summed E-state index contributed by atoms with van der Waals surface area (Å²) in [5.41, 5.74) is 1.42. The van der Waals surface area contributed by atoms with Gasteiger partial charge in [0.15, 0.2) is 6.29 Å². The van der Waals surface area contributed by atoms with Crippen LogP contribution in [0.15, 0.2) is 12.4 Å². The van der Waals surface area contributed by atoms with Crippen LogP contribution in [0.2, 0.25) is 0 Å². The number of carbonyl (C=O) groups excluding carboxylic acids is 1. The van der Waals surface area contributed by atoms with Gasteiger partial charge in [-0.3, -0.25) is 4.79 Å². The molecule has 0 atom stereocenters. The smallest absolute Gasteiger partial charge is 0.168 e. The first-order chi connectivity index (χ1) is 6.90. The van der Waals surface area contributed by atoms with Gasteiger partial charge in [-0.05, 0) is 18.9 Å². The average Bonchev–Trinajstić information content (AvgIpc) is 2.30. The highest BCUT2D eigenvalue weighted by Gasteiger charge is 2.17. The first kappa shape index (κ1) is 9.27. The maximum absolute atomic E-state index is 10.5. The van der Waals surface area contributed by atoms with Crippen molar-refractivity contribution >= 4 is 6.29 Å². The van der Waals surface area contributed by atoms with Crippen LogP contribution < -0.4 is 0 Å². The van der Waals surface area contributed by atoms with Gasteiger partial charge in [0.05, 0.1) is 0 Å². The zero-order valence-corrected chi connectivity index (χ0v) is 7.85. The molecule has 74 valence electrons. The normalized spacial score (nSPS) is 18.0. The molecule has 2 rings (SSSR count). The highest BCUT2D eigenvalue weighted by molar-refractivity contribution is 5.71. The summed E-state index contributed by atoms with van der Waals surface area (Å²) in [6, 6.07) is 1.77. The molecule has 1 aromatic rings. The number of aldehydes is 1. The van der Waals surface area contributed by atoms with Crippen molar-refractivity contribution in [3.63, 3.8) is 0 Å². The monoisotopic (exact) mass is 192 g/mol. The molecule has 1 aromatic heterocycles. The van der Waals surface area contributed by atoms with Gasteiger partial charge in [-0.1, -0.05) is 0 Å². The van der Waals surface area contributed by atoms with Gasteiger partial charge in [-0.2, -0.15) is 0 Å². The highest BCUT2D eigenvalue weighted by atomic mass is 16.5. The number of hydrogen-bond acceptors (Lipinski definition) is 4. The summed E-state index contributed by atoms with van der Waals surface area (Å²) in [4.78, 5) is 18.6. The first-order valence-electron chi connectivity index (χ1n) is 4.75. The third kappa shape index (κ3) is 1.96. The van der Waals surface area contributed by atoms with E-state index in [2.05, 4.69) is 9.97 Å². The van der Waals surface area contributed by atoms with E-state index in [0.717, 1.165) is 38.0 Å². The summed E-state index contributed by atoms with van der Waals surface area (Å²) < 4.78 is 5.26. The van der Waals surface area contributed by atoms with Crippen molar-refractivity contribution < 1.29 is 9.53 Å². The van der Waals surface area contributed by atoms with E-state index in [4.69, 9.17) is 4.74 Å². The Balaban J connectivity index is 2.17. The van der Waals surface area contributed by atoms with Crippen molar-refractivity contribution in [2.75, 3.05) is 13.2 Å². The minimum atomic E-state index is 0.422. The fourth-order valence-electron chi connectivity index (χ4n) is 1.67. The van der Waals surface area contributed by atoms with Gasteiger partial charge in [0.1, 0.15) is 12.0 Å². The minimum absolute atomic E-state index is 0.422. The molecule has 0 spiro atoms. The number of rotatable bonds is 2. The maximum Gasteiger partial charge on any atom is 0.168 e. The predicted molar refractivity (Wildman–Crippen MR) is 50.2 cm³/mol. The van der Waals surface area contributed by atoms with Gasteiger partial charge >= 0.3 is 0 Å². The fraction of sp³-hybridized carbons (Fsp3) is 0.500. The molecule has 0 aliphatic carbocycles. The molecule has 0 amide bonds. The second-order valence-electron chi connectivity index (χ2n) is 3.37. The van der Waals surface area contributed by atoms with Crippen molar-refractivity contribution in [1.29, 1.82) is 0 Å². The lowest BCUT2D eigenvalue weighted by atomic mass is 9.96. The van der Waals surface area contributed by atoms with Crippen molar-refractivity contribution in [2.24, 2.45) is 0 Å². The molecule has 4 heteroatoms. The Morgan fingerprint density at radius 1 is 1.36 bits per heavy atom. The van der Waals surface area contributed by atoms with E-state index in [1.54, 1.807) is 6.07 Å². The van der Waals surface area contributed by atoms with E-state index in [-0.39, 0.29) is 0 Å². The molecule has 0 radical (unpaired) electrons. The summed E-state index contributed by atoms with van der Waals surface area (Å²) in [6.07, 6.45) is 4.17. The van der Waals surface area contributed by atoms with Crippen molar-refractivity contribution in [1.82, 2.24) is 9.97 Å². The van der Waals surface area contributed by atoms with Crippen LogP contribution >= 0.6 is 0 Å². The van der Waals surface area contributed by atoms with Crippen molar-refractivity contribution in [3.8, 4) is 0 Å². The predicted octanol–water partition coefficient (Wildman–Crippen LogP) is 1.18. The van der Waals surface area contributed by atoms with Crippen molar-refractivity contribution in [3.05, 3.63) is 23.8 Å². The van der Waals surface area contributed by atoms with Crippen LogP contribution in [0, 0.1) is 0 Å². The number of nitrogens with zero attached hydrogens (tertiary/aromatic N) is 2. The number of carbonyl (C=O) groups is 1. The zero-order chi connectivity index (χ0) is 9.80. The molecule has 0 saturated carbocycles. The highest BCUT2D eigenvalue weighted by Crippen LogP contribution is 2.24. The molecule has 1 aliphatic heterocycles. The minimum Gasteiger partial charge on any atom is -0.381 e. The van der Waals surface area contributed by atoms with Gasteiger partial charge < -0.3 is 4.74 Å². The SMILES string of the molecule is O=Cc1cc(C2CCOCC2)ncn1.